The lowest BCUT2D eigenvalue weighted by Gasteiger charge is -2.32. The highest BCUT2D eigenvalue weighted by Crippen LogP contribution is 2.30. The van der Waals surface area contributed by atoms with E-state index in [9.17, 15) is 4.79 Å². The van der Waals surface area contributed by atoms with Crippen LogP contribution in [0.25, 0.3) is 11.5 Å². The molecule has 0 bridgehead atoms. The highest BCUT2D eigenvalue weighted by molar-refractivity contribution is 5.79. The van der Waals surface area contributed by atoms with Crippen LogP contribution in [0.15, 0.2) is 36.7 Å². The van der Waals surface area contributed by atoms with Gasteiger partial charge in [-0.25, -0.2) is 0 Å². The van der Waals surface area contributed by atoms with Crippen LogP contribution in [-0.2, 0) is 36.1 Å². The van der Waals surface area contributed by atoms with Crippen LogP contribution < -0.4 is 0 Å². The van der Waals surface area contributed by atoms with Crippen molar-refractivity contribution >= 4 is 5.91 Å². The largest absolute Gasteiger partial charge is 0.381 e. The van der Waals surface area contributed by atoms with E-state index in [0.29, 0.717) is 26.3 Å². The third-order valence-electron chi connectivity index (χ3n) is 6.15. The lowest BCUT2D eigenvalue weighted by atomic mass is 9.96. The standard InChI is InChI=1S/C22H26N6O2/c1-26-19-7-10-27(22(29)17-8-11-30-12-9-17)14-18(19)20(25-26)21-24-23-15-28(21)13-16-5-3-2-4-6-16/h2-6,15,17H,7-14H2,1H3. The molecule has 3 aromatic rings. The Morgan fingerprint density at radius 3 is 2.80 bits per heavy atom. The number of aryl methyl sites for hydroxylation is 1. The molecule has 1 aromatic carbocycles. The number of carbonyl (C=O) groups is 1. The summed E-state index contributed by atoms with van der Waals surface area (Å²) >= 11 is 0. The molecule has 0 spiro atoms. The fraction of sp³-hybridized carbons (Fsp3) is 0.455. The van der Waals surface area contributed by atoms with Crippen molar-refractivity contribution in [1.29, 1.82) is 0 Å². The fourth-order valence-electron chi connectivity index (χ4n) is 4.50. The molecule has 1 fully saturated rings. The van der Waals surface area contributed by atoms with E-state index in [-0.39, 0.29) is 11.8 Å². The number of nitrogens with zero attached hydrogens (tertiary/aromatic N) is 6. The lowest BCUT2D eigenvalue weighted by molar-refractivity contribution is -0.139. The molecule has 0 unspecified atom stereocenters. The van der Waals surface area contributed by atoms with Crippen LogP contribution in [-0.4, -0.2) is 55.1 Å². The van der Waals surface area contributed by atoms with E-state index in [1.165, 1.54) is 11.3 Å². The quantitative estimate of drug-likeness (QED) is 0.663. The summed E-state index contributed by atoms with van der Waals surface area (Å²) in [6.45, 7) is 3.34. The maximum Gasteiger partial charge on any atom is 0.226 e. The minimum absolute atomic E-state index is 0.0714. The predicted molar refractivity (Wildman–Crippen MR) is 110 cm³/mol. The number of benzene rings is 1. The summed E-state index contributed by atoms with van der Waals surface area (Å²) in [6.07, 6.45) is 4.18. The molecular formula is C22H26N6O2. The number of hydrogen-bond acceptors (Lipinski definition) is 5. The van der Waals surface area contributed by atoms with Crippen LogP contribution in [0.1, 0.15) is 29.7 Å². The van der Waals surface area contributed by atoms with E-state index in [2.05, 4.69) is 22.3 Å². The van der Waals surface area contributed by atoms with Gasteiger partial charge in [0.15, 0.2) is 5.82 Å². The summed E-state index contributed by atoms with van der Waals surface area (Å²) in [7, 11) is 1.97. The molecule has 8 nitrogen and oxygen atoms in total. The van der Waals surface area contributed by atoms with Gasteiger partial charge in [-0.2, -0.15) is 5.10 Å². The normalized spacial score (nSPS) is 17.2. The molecule has 0 N–H and O–H groups in total. The maximum atomic E-state index is 13.1. The van der Waals surface area contributed by atoms with E-state index in [1.807, 2.05) is 39.4 Å². The van der Waals surface area contributed by atoms with Gasteiger partial charge in [-0.15, -0.1) is 10.2 Å². The van der Waals surface area contributed by atoms with Gasteiger partial charge in [-0.05, 0) is 18.4 Å². The summed E-state index contributed by atoms with van der Waals surface area (Å²) < 4.78 is 9.38. The number of ether oxygens (including phenoxy) is 1. The Balaban J connectivity index is 1.43. The van der Waals surface area contributed by atoms with Crippen molar-refractivity contribution < 1.29 is 9.53 Å². The Morgan fingerprint density at radius 2 is 2.00 bits per heavy atom. The first-order valence-corrected chi connectivity index (χ1v) is 10.5. The molecule has 1 saturated heterocycles. The van der Waals surface area contributed by atoms with Crippen LogP contribution in [0.5, 0.6) is 0 Å². The molecule has 2 aromatic heterocycles. The zero-order valence-electron chi connectivity index (χ0n) is 17.2. The van der Waals surface area contributed by atoms with Crippen molar-refractivity contribution in [3.63, 3.8) is 0 Å². The molecular weight excluding hydrogens is 380 g/mol. The third-order valence-corrected chi connectivity index (χ3v) is 6.15. The zero-order valence-corrected chi connectivity index (χ0v) is 17.2. The summed E-state index contributed by atoms with van der Waals surface area (Å²) in [5.41, 5.74) is 4.27. The van der Waals surface area contributed by atoms with E-state index < -0.39 is 0 Å². The Morgan fingerprint density at radius 1 is 1.20 bits per heavy atom. The Bertz CT molecular complexity index is 1040. The van der Waals surface area contributed by atoms with Gasteiger partial charge in [0.25, 0.3) is 0 Å². The van der Waals surface area contributed by atoms with Crippen molar-refractivity contribution in [2.24, 2.45) is 13.0 Å². The topological polar surface area (TPSA) is 78.1 Å². The van der Waals surface area contributed by atoms with Crippen LogP contribution in [0.3, 0.4) is 0 Å². The first-order chi connectivity index (χ1) is 14.7. The average Bonchev–Trinajstić information content (AvgIpc) is 3.38. The van der Waals surface area contributed by atoms with Gasteiger partial charge in [-0.3, -0.25) is 9.48 Å². The molecule has 0 atom stereocenters. The molecule has 4 heterocycles. The highest BCUT2D eigenvalue weighted by Gasteiger charge is 2.32. The van der Waals surface area contributed by atoms with Crippen LogP contribution in [0, 0.1) is 5.92 Å². The number of carbonyl (C=O) groups excluding carboxylic acids is 1. The molecule has 30 heavy (non-hydrogen) atoms. The second-order valence-electron chi connectivity index (χ2n) is 8.06. The van der Waals surface area contributed by atoms with E-state index in [4.69, 9.17) is 9.84 Å². The lowest BCUT2D eigenvalue weighted by Crippen LogP contribution is -2.41. The second-order valence-corrected chi connectivity index (χ2v) is 8.06. The Kier molecular flexibility index (Phi) is 5.08. The average molecular weight is 406 g/mol. The fourth-order valence-corrected chi connectivity index (χ4v) is 4.50. The number of aromatic nitrogens is 5. The maximum absolute atomic E-state index is 13.1. The van der Waals surface area contributed by atoms with Gasteiger partial charge in [0.05, 0.1) is 6.54 Å². The molecule has 5 rings (SSSR count). The van der Waals surface area contributed by atoms with Gasteiger partial charge in [0.1, 0.15) is 12.0 Å². The molecule has 8 heteroatoms. The zero-order chi connectivity index (χ0) is 20.5. The smallest absolute Gasteiger partial charge is 0.226 e. The van der Waals surface area contributed by atoms with Gasteiger partial charge in [-0.1, -0.05) is 30.3 Å². The summed E-state index contributed by atoms with van der Waals surface area (Å²) in [5, 5.41) is 13.3. The van der Waals surface area contributed by atoms with Crippen LogP contribution >= 0.6 is 0 Å². The van der Waals surface area contributed by atoms with Crippen molar-refractivity contribution in [3.8, 4) is 11.5 Å². The number of hydrogen-bond donors (Lipinski definition) is 0. The number of rotatable bonds is 4. The first kappa shape index (κ1) is 19.0. The SMILES string of the molecule is Cn1nc(-c2nncn2Cc2ccccc2)c2c1CCN(C(=O)C1CCOCC1)C2. The molecule has 0 radical (unpaired) electrons. The molecule has 2 aliphatic rings. The van der Waals surface area contributed by atoms with Gasteiger partial charge >= 0.3 is 0 Å². The molecule has 1 amide bonds. The molecule has 156 valence electrons. The van der Waals surface area contributed by atoms with Crippen molar-refractivity contribution in [2.45, 2.75) is 32.4 Å². The van der Waals surface area contributed by atoms with E-state index >= 15 is 0 Å². The Labute approximate surface area is 175 Å². The van der Waals surface area contributed by atoms with Gasteiger partial charge in [0, 0.05) is 56.9 Å². The Hall–Kier alpha value is -3.00. The molecule has 0 aliphatic carbocycles. The van der Waals surface area contributed by atoms with Crippen molar-refractivity contribution in [3.05, 3.63) is 53.5 Å². The van der Waals surface area contributed by atoms with Crippen molar-refractivity contribution in [1.82, 2.24) is 29.4 Å². The summed E-state index contributed by atoms with van der Waals surface area (Å²) in [4.78, 5) is 15.1. The van der Waals surface area contributed by atoms with E-state index in [0.717, 1.165) is 42.9 Å². The highest BCUT2D eigenvalue weighted by atomic mass is 16.5. The van der Waals surface area contributed by atoms with Gasteiger partial charge in [0.2, 0.25) is 5.91 Å². The minimum Gasteiger partial charge on any atom is -0.381 e. The number of amides is 1. The number of fused-ring (bicyclic) bond motifs is 1. The summed E-state index contributed by atoms with van der Waals surface area (Å²) in [6, 6.07) is 10.2. The monoisotopic (exact) mass is 406 g/mol. The third kappa shape index (κ3) is 3.52. The molecule has 2 aliphatic heterocycles. The predicted octanol–water partition coefficient (Wildman–Crippen LogP) is 2.04. The van der Waals surface area contributed by atoms with Crippen LogP contribution in [0.2, 0.25) is 0 Å². The second kappa shape index (κ2) is 8.02. The minimum atomic E-state index is 0.0714. The van der Waals surface area contributed by atoms with Crippen LogP contribution in [0.4, 0.5) is 0 Å². The van der Waals surface area contributed by atoms with Gasteiger partial charge < -0.3 is 14.2 Å². The first-order valence-electron chi connectivity index (χ1n) is 10.5. The van der Waals surface area contributed by atoms with E-state index in [1.54, 1.807) is 6.33 Å². The summed E-state index contributed by atoms with van der Waals surface area (Å²) in [5.74, 6) is 1.06. The van der Waals surface area contributed by atoms with Crippen molar-refractivity contribution in [2.75, 3.05) is 19.8 Å². The molecule has 0 saturated carbocycles.